The molecule has 16 heavy (non-hydrogen) atoms. The van der Waals surface area contributed by atoms with Gasteiger partial charge in [0.25, 0.3) is 0 Å². The van der Waals surface area contributed by atoms with Gasteiger partial charge in [-0.1, -0.05) is 6.07 Å². The fraction of sp³-hybridized carbons (Fsp3) is 0.571. The van der Waals surface area contributed by atoms with Crippen molar-refractivity contribution in [1.82, 2.24) is 5.32 Å². The molecule has 1 aliphatic heterocycles. The molecule has 1 aromatic carbocycles. The number of benzene rings is 1. The summed E-state index contributed by atoms with van der Waals surface area (Å²) in [6.45, 7) is 2.34. The summed E-state index contributed by atoms with van der Waals surface area (Å²) in [5, 5.41) is 3.52. The Balaban J connectivity index is 1.98. The predicted octanol–water partition coefficient (Wildman–Crippen LogP) is 2.33. The van der Waals surface area contributed by atoms with Crippen molar-refractivity contribution in [2.75, 3.05) is 20.2 Å². The van der Waals surface area contributed by atoms with Crippen LogP contribution in [0.2, 0.25) is 0 Å². The second-order valence-electron chi connectivity index (χ2n) is 4.96. The first-order chi connectivity index (χ1) is 7.88. The quantitative estimate of drug-likeness (QED) is 0.779. The topological polar surface area (TPSA) is 21.3 Å². The molecule has 0 spiro atoms. The Hall–Kier alpha value is -1.02. The first-order valence-electron chi connectivity index (χ1n) is 6.26. The maximum Gasteiger partial charge on any atom is 0.119 e. The number of hydrogen-bond acceptors (Lipinski definition) is 2. The molecule has 2 unspecified atom stereocenters. The van der Waals surface area contributed by atoms with E-state index in [9.17, 15) is 0 Å². The van der Waals surface area contributed by atoms with Crippen LogP contribution in [-0.2, 0) is 6.42 Å². The van der Waals surface area contributed by atoms with E-state index < -0.39 is 0 Å². The summed E-state index contributed by atoms with van der Waals surface area (Å²) in [5.41, 5.74) is 3.06. The number of rotatable bonds is 1. The van der Waals surface area contributed by atoms with Crippen LogP contribution in [0.25, 0.3) is 0 Å². The maximum atomic E-state index is 5.34. The van der Waals surface area contributed by atoms with Crippen LogP contribution in [-0.4, -0.2) is 20.2 Å². The number of ether oxygens (including phenoxy) is 1. The summed E-state index contributed by atoms with van der Waals surface area (Å²) in [5.74, 6) is 2.61. The molecule has 0 aromatic heterocycles. The van der Waals surface area contributed by atoms with E-state index in [0.717, 1.165) is 18.2 Å². The van der Waals surface area contributed by atoms with E-state index in [4.69, 9.17) is 4.74 Å². The average molecular weight is 217 g/mol. The minimum Gasteiger partial charge on any atom is -0.497 e. The molecule has 2 atom stereocenters. The van der Waals surface area contributed by atoms with Gasteiger partial charge in [0.05, 0.1) is 7.11 Å². The minimum atomic E-state index is 0.715. The average Bonchev–Trinajstić information content (AvgIpc) is 2.38. The van der Waals surface area contributed by atoms with E-state index in [1.165, 1.54) is 36.9 Å². The zero-order chi connectivity index (χ0) is 11.0. The summed E-state index contributed by atoms with van der Waals surface area (Å²) in [6.07, 6.45) is 3.95. The molecule has 1 saturated heterocycles. The van der Waals surface area contributed by atoms with E-state index >= 15 is 0 Å². The summed E-state index contributed by atoms with van der Waals surface area (Å²) < 4.78 is 5.34. The fourth-order valence-corrected chi connectivity index (χ4v) is 3.24. The van der Waals surface area contributed by atoms with Crippen molar-refractivity contribution in [2.45, 2.75) is 25.2 Å². The van der Waals surface area contributed by atoms with E-state index in [1.54, 1.807) is 7.11 Å². The van der Waals surface area contributed by atoms with Gasteiger partial charge in [0.2, 0.25) is 0 Å². The Morgan fingerprint density at radius 1 is 1.31 bits per heavy atom. The number of methoxy groups -OCH3 is 1. The van der Waals surface area contributed by atoms with Crippen LogP contribution >= 0.6 is 0 Å². The number of hydrogen-bond donors (Lipinski definition) is 1. The SMILES string of the molecule is COc1ccc2c(c1)C1CNCCC1CC2. The predicted molar refractivity (Wildman–Crippen MR) is 65.0 cm³/mol. The van der Waals surface area contributed by atoms with Crippen LogP contribution in [0.1, 0.15) is 29.9 Å². The van der Waals surface area contributed by atoms with Gasteiger partial charge >= 0.3 is 0 Å². The molecule has 0 saturated carbocycles. The standard InChI is InChI=1S/C14H19NO/c1-16-12-5-4-10-2-3-11-6-7-15-9-14(11)13(10)8-12/h4-5,8,11,14-15H,2-3,6-7,9H2,1H3. The molecule has 1 aromatic rings. The van der Waals surface area contributed by atoms with Gasteiger partial charge in [0.1, 0.15) is 5.75 Å². The monoisotopic (exact) mass is 217 g/mol. The van der Waals surface area contributed by atoms with Crippen LogP contribution in [0, 0.1) is 5.92 Å². The van der Waals surface area contributed by atoms with Crippen molar-refractivity contribution in [1.29, 1.82) is 0 Å². The lowest BCUT2D eigenvalue weighted by molar-refractivity contribution is 0.290. The minimum absolute atomic E-state index is 0.715. The first-order valence-corrected chi connectivity index (χ1v) is 6.26. The molecule has 1 N–H and O–H groups in total. The molecule has 1 aliphatic carbocycles. The lowest BCUT2D eigenvalue weighted by Crippen LogP contribution is -2.37. The Labute approximate surface area is 97.0 Å². The van der Waals surface area contributed by atoms with E-state index in [-0.39, 0.29) is 0 Å². The van der Waals surface area contributed by atoms with Crippen molar-refractivity contribution in [3.05, 3.63) is 29.3 Å². The number of nitrogens with one attached hydrogen (secondary N) is 1. The fourth-order valence-electron chi connectivity index (χ4n) is 3.24. The number of fused-ring (bicyclic) bond motifs is 3. The highest BCUT2D eigenvalue weighted by atomic mass is 16.5. The molecule has 3 rings (SSSR count). The highest BCUT2D eigenvalue weighted by molar-refractivity contribution is 5.40. The molecule has 2 nitrogen and oxygen atoms in total. The van der Waals surface area contributed by atoms with Gasteiger partial charge in [-0.05, 0) is 60.9 Å². The van der Waals surface area contributed by atoms with Crippen molar-refractivity contribution in [3.8, 4) is 5.75 Å². The summed E-state index contributed by atoms with van der Waals surface area (Å²) in [4.78, 5) is 0. The van der Waals surface area contributed by atoms with Gasteiger partial charge in [-0.25, -0.2) is 0 Å². The molecule has 1 heterocycles. The Bertz CT molecular complexity index is 388. The highest BCUT2D eigenvalue weighted by Crippen LogP contribution is 2.40. The van der Waals surface area contributed by atoms with Gasteiger partial charge in [-0.15, -0.1) is 0 Å². The lowest BCUT2D eigenvalue weighted by atomic mass is 9.72. The first kappa shape index (κ1) is 10.2. The Kier molecular flexibility index (Phi) is 2.60. The molecule has 2 heteroatoms. The second kappa shape index (κ2) is 4.10. The highest BCUT2D eigenvalue weighted by Gasteiger charge is 2.31. The van der Waals surface area contributed by atoms with Crippen LogP contribution in [0.5, 0.6) is 5.75 Å². The third-order valence-electron chi connectivity index (χ3n) is 4.16. The molecule has 2 aliphatic rings. The van der Waals surface area contributed by atoms with Crippen LogP contribution < -0.4 is 10.1 Å². The number of aryl methyl sites for hydroxylation is 1. The molecule has 0 radical (unpaired) electrons. The molecule has 0 amide bonds. The van der Waals surface area contributed by atoms with Crippen molar-refractivity contribution in [3.63, 3.8) is 0 Å². The number of piperidine rings is 1. The zero-order valence-electron chi connectivity index (χ0n) is 9.83. The van der Waals surface area contributed by atoms with Gasteiger partial charge in [-0.3, -0.25) is 0 Å². The molecule has 86 valence electrons. The van der Waals surface area contributed by atoms with Crippen molar-refractivity contribution >= 4 is 0 Å². The van der Waals surface area contributed by atoms with Gasteiger partial charge in [-0.2, -0.15) is 0 Å². The smallest absolute Gasteiger partial charge is 0.119 e. The molecular formula is C14H19NO. The van der Waals surface area contributed by atoms with Crippen LogP contribution in [0.15, 0.2) is 18.2 Å². The van der Waals surface area contributed by atoms with Crippen molar-refractivity contribution < 1.29 is 4.74 Å². The Morgan fingerprint density at radius 2 is 2.25 bits per heavy atom. The van der Waals surface area contributed by atoms with E-state index in [2.05, 4.69) is 23.5 Å². The summed E-state index contributed by atoms with van der Waals surface area (Å²) in [7, 11) is 1.75. The van der Waals surface area contributed by atoms with Gasteiger partial charge in [0.15, 0.2) is 0 Å². The summed E-state index contributed by atoms with van der Waals surface area (Å²) >= 11 is 0. The van der Waals surface area contributed by atoms with Crippen molar-refractivity contribution in [2.24, 2.45) is 5.92 Å². The largest absolute Gasteiger partial charge is 0.497 e. The van der Waals surface area contributed by atoms with E-state index in [0.29, 0.717) is 5.92 Å². The zero-order valence-corrected chi connectivity index (χ0v) is 9.83. The third kappa shape index (κ3) is 1.61. The van der Waals surface area contributed by atoms with Gasteiger partial charge in [0, 0.05) is 6.54 Å². The molecular weight excluding hydrogens is 198 g/mol. The van der Waals surface area contributed by atoms with Crippen LogP contribution in [0.3, 0.4) is 0 Å². The normalized spacial score (nSPS) is 28.1. The lowest BCUT2D eigenvalue weighted by Gasteiger charge is -2.37. The Morgan fingerprint density at radius 3 is 3.12 bits per heavy atom. The second-order valence-corrected chi connectivity index (χ2v) is 4.96. The molecule has 0 bridgehead atoms. The maximum absolute atomic E-state index is 5.34. The van der Waals surface area contributed by atoms with Crippen LogP contribution in [0.4, 0.5) is 0 Å². The van der Waals surface area contributed by atoms with E-state index in [1.807, 2.05) is 0 Å². The third-order valence-corrected chi connectivity index (χ3v) is 4.16. The summed E-state index contributed by atoms with van der Waals surface area (Å²) in [6, 6.07) is 6.59. The molecule has 1 fully saturated rings. The van der Waals surface area contributed by atoms with Gasteiger partial charge < -0.3 is 10.1 Å².